The molecule has 0 saturated carbocycles. The zero-order valence-electron chi connectivity index (χ0n) is 15.0. The number of benzene rings is 2. The van der Waals surface area contributed by atoms with E-state index in [0.29, 0.717) is 23.1 Å². The van der Waals surface area contributed by atoms with Gasteiger partial charge < -0.3 is 14.4 Å². The molecule has 0 aliphatic carbocycles. The molecule has 138 valence electrons. The van der Waals surface area contributed by atoms with Crippen LogP contribution in [0.3, 0.4) is 0 Å². The van der Waals surface area contributed by atoms with E-state index in [0.717, 1.165) is 11.3 Å². The van der Waals surface area contributed by atoms with E-state index in [1.165, 1.54) is 4.90 Å². The summed E-state index contributed by atoms with van der Waals surface area (Å²) >= 11 is 6.07. The van der Waals surface area contributed by atoms with Crippen molar-refractivity contribution in [2.75, 3.05) is 32.7 Å². The van der Waals surface area contributed by atoms with Crippen molar-refractivity contribution in [1.29, 1.82) is 0 Å². The Morgan fingerprint density at radius 2 is 1.96 bits per heavy atom. The Balaban J connectivity index is 2.07. The average Bonchev–Trinajstić information content (AvgIpc) is 2.62. The van der Waals surface area contributed by atoms with Crippen LogP contribution in [0.25, 0.3) is 0 Å². The summed E-state index contributed by atoms with van der Waals surface area (Å²) in [5.41, 5.74) is 4.43. The van der Waals surface area contributed by atoms with Gasteiger partial charge in [0.15, 0.2) is 18.1 Å². The summed E-state index contributed by atoms with van der Waals surface area (Å²) in [6.45, 7) is 2.32. The zero-order chi connectivity index (χ0) is 18.9. The third kappa shape index (κ3) is 5.67. The SMILES string of the molecule is CCOc1cc(/C=N\Nc2ccccc2Cl)ccc1OCC(=O)N(C)C. The maximum Gasteiger partial charge on any atom is 0.259 e. The molecule has 0 radical (unpaired) electrons. The summed E-state index contributed by atoms with van der Waals surface area (Å²) in [6, 6.07) is 12.7. The van der Waals surface area contributed by atoms with Crippen LogP contribution in [0, 0.1) is 0 Å². The first-order valence-electron chi connectivity index (χ1n) is 8.14. The third-order valence-corrected chi connectivity index (χ3v) is 3.72. The highest BCUT2D eigenvalue weighted by atomic mass is 35.5. The minimum atomic E-state index is -0.123. The van der Waals surface area contributed by atoms with Gasteiger partial charge in [-0.1, -0.05) is 23.7 Å². The van der Waals surface area contributed by atoms with Crippen molar-refractivity contribution >= 4 is 29.4 Å². The van der Waals surface area contributed by atoms with Crippen molar-refractivity contribution < 1.29 is 14.3 Å². The fourth-order valence-electron chi connectivity index (χ4n) is 1.99. The Labute approximate surface area is 158 Å². The lowest BCUT2D eigenvalue weighted by atomic mass is 10.2. The Hall–Kier alpha value is -2.73. The fourth-order valence-corrected chi connectivity index (χ4v) is 2.17. The molecule has 0 atom stereocenters. The molecule has 0 heterocycles. The van der Waals surface area contributed by atoms with Crippen LogP contribution in [0.1, 0.15) is 12.5 Å². The first-order valence-corrected chi connectivity index (χ1v) is 8.52. The molecule has 0 fully saturated rings. The minimum Gasteiger partial charge on any atom is -0.490 e. The highest BCUT2D eigenvalue weighted by Gasteiger charge is 2.10. The van der Waals surface area contributed by atoms with Crippen molar-refractivity contribution in [3.63, 3.8) is 0 Å². The van der Waals surface area contributed by atoms with Crippen LogP contribution in [-0.4, -0.2) is 44.3 Å². The van der Waals surface area contributed by atoms with Crippen LogP contribution in [0.2, 0.25) is 5.02 Å². The quantitative estimate of drug-likeness (QED) is 0.565. The molecule has 0 saturated heterocycles. The second-order valence-corrected chi connectivity index (χ2v) is 5.97. The van der Waals surface area contributed by atoms with Gasteiger partial charge in [-0.2, -0.15) is 5.10 Å². The van der Waals surface area contributed by atoms with Gasteiger partial charge in [-0.25, -0.2) is 0 Å². The summed E-state index contributed by atoms with van der Waals surface area (Å²) in [5.74, 6) is 0.945. The Morgan fingerprint density at radius 3 is 2.65 bits per heavy atom. The van der Waals surface area contributed by atoms with E-state index in [-0.39, 0.29) is 12.5 Å². The molecule has 2 aromatic carbocycles. The van der Waals surface area contributed by atoms with E-state index in [2.05, 4.69) is 10.5 Å². The monoisotopic (exact) mass is 375 g/mol. The normalized spacial score (nSPS) is 10.6. The van der Waals surface area contributed by atoms with E-state index >= 15 is 0 Å². The number of hydrogen-bond acceptors (Lipinski definition) is 5. The smallest absolute Gasteiger partial charge is 0.259 e. The summed E-state index contributed by atoms with van der Waals surface area (Å²) in [5, 5.41) is 4.78. The Kier molecular flexibility index (Phi) is 7.29. The average molecular weight is 376 g/mol. The van der Waals surface area contributed by atoms with E-state index < -0.39 is 0 Å². The summed E-state index contributed by atoms with van der Waals surface area (Å²) in [6.07, 6.45) is 1.65. The second kappa shape index (κ2) is 9.68. The lowest BCUT2D eigenvalue weighted by molar-refractivity contribution is -0.130. The van der Waals surface area contributed by atoms with E-state index in [9.17, 15) is 4.79 Å². The zero-order valence-corrected chi connectivity index (χ0v) is 15.8. The number of halogens is 1. The molecule has 1 N–H and O–H groups in total. The topological polar surface area (TPSA) is 63.2 Å². The molecule has 2 rings (SSSR count). The van der Waals surface area contributed by atoms with Crippen molar-refractivity contribution in [2.24, 2.45) is 5.10 Å². The minimum absolute atomic E-state index is 0.0471. The maximum absolute atomic E-state index is 11.7. The molecule has 0 aliphatic rings. The number of likely N-dealkylation sites (N-methyl/N-ethyl adjacent to an activating group) is 1. The van der Waals surface area contributed by atoms with Gasteiger partial charge >= 0.3 is 0 Å². The standard InChI is InChI=1S/C19H22ClN3O3/c1-4-25-18-11-14(9-10-17(18)26-13-19(24)23(2)3)12-21-22-16-8-6-5-7-15(16)20/h5-12,22H,4,13H2,1-3H3/b21-12-. The number of nitrogens with zero attached hydrogens (tertiary/aromatic N) is 2. The number of rotatable bonds is 8. The Bertz CT molecular complexity index is 778. The van der Waals surface area contributed by atoms with E-state index in [1.807, 2.05) is 31.2 Å². The molecule has 0 bridgehead atoms. The fraction of sp³-hybridized carbons (Fsp3) is 0.263. The molecule has 26 heavy (non-hydrogen) atoms. The van der Waals surface area contributed by atoms with Gasteiger partial charge in [0.2, 0.25) is 0 Å². The van der Waals surface area contributed by atoms with Crippen molar-refractivity contribution in [3.05, 3.63) is 53.1 Å². The van der Waals surface area contributed by atoms with Gasteiger partial charge in [0, 0.05) is 14.1 Å². The number of ether oxygens (including phenoxy) is 2. The van der Waals surface area contributed by atoms with Crippen LogP contribution in [0.4, 0.5) is 5.69 Å². The van der Waals surface area contributed by atoms with Gasteiger partial charge in [-0.05, 0) is 42.8 Å². The molecular weight excluding hydrogens is 354 g/mol. The summed E-state index contributed by atoms with van der Waals surface area (Å²) in [7, 11) is 3.36. The van der Waals surface area contributed by atoms with Gasteiger partial charge in [0.25, 0.3) is 5.91 Å². The van der Waals surface area contributed by atoms with Gasteiger partial charge in [-0.3, -0.25) is 10.2 Å². The van der Waals surface area contributed by atoms with Gasteiger partial charge in [0.05, 0.1) is 23.5 Å². The number of para-hydroxylation sites is 1. The van der Waals surface area contributed by atoms with E-state index in [4.69, 9.17) is 21.1 Å². The predicted molar refractivity (Wildman–Crippen MR) is 104 cm³/mol. The van der Waals surface area contributed by atoms with Crippen molar-refractivity contribution in [2.45, 2.75) is 6.92 Å². The van der Waals surface area contributed by atoms with Crippen LogP contribution < -0.4 is 14.9 Å². The number of hydrogen-bond donors (Lipinski definition) is 1. The number of amides is 1. The van der Waals surface area contributed by atoms with Crippen LogP contribution in [0.15, 0.2) is 47.6 Å². The third-order valence-electron chi connectivity index (χ3n) is 3.39. The molecular formula is C19H22ClN3O3. The van der Waals surface area contributed by atoms with Crippen molar-refractivity contribution in [1.82, 2.24) is 4.90 Å². The number of hydrazone groups is 1. The van der Waals surface area contributed by atoms with Gasteiger partial charge in [0.1, 0.15) is 0 Å². The molecule has 7 heteroatoms. The van der Waals surface area contributed by atoms with Crippen LogP contribution in [0.5, 0.6) is 11.5 Å². The largest absolute Gasteiger partial charge is 0.490 e. The highest BCUT2D eigenvalue weighted by molar-refractivity contribution is 6.33. The molecule has 0 unspecified atom stereocenters. The number of nitrogens with one attached hydrogen (secondary N) is 1. The molecule has 0 aliphatic heterocycles. The maximum atomic E-state index is 11.7. The lowest BCUT2D eigenvalue weighted by Crippen LogP contribution is -2.27. The number of carbonyl (C=O) groups excluding carboxylic acids is 1. The first kappa shape index (κ1) is 19.6. The van der Waals surface area contributed by atoms with Crippen LogP contribution in [-0.2, 0) is 4.79 Å². The summed E-state index contributed by atoms with van der Waals surface area (Å²) in [4.78, 5) is 13.1. The van der Waals surface area contributed by atoms with Gasteiger partial charge in [-0.15, -0.1) is 0 Å². The van der Waals surface area contributed by atoms with E-state index in [1.54, 1.807) is 38.5 Å². The van der Waals surface area contributed by atoms with Crippen LogP contribution >= 0.6 is 11.6 Å². The molecule has 0 aromatic heterocycles. The number of carbonyl (C=O) groups is 1. The predicted octanol–water partition coefficient (Wildman–Crippen LogP) is 3.65. The van der Waals surface area contributed by atoms with Crippen molar-refractivity contribution in [3.8, 4) is 11.5 Å². The molecule has 2 aromatic rings. The second-order valence-electron chi connectivity index (χ2n) is 5.57. The molecule has 0 spiro atoms. The molecule has 6 nitrogen and oxygen atoms in total. The molecule has 1 amide bonds. The first-order chi connectivity index (χ1) is 12.5. The lowest BCUT2D eigenvalue weighted by Gasteiger charge is -2.14. The highest BCUT2D eigenvalue weighted by Crippen LogP contribution is 2.28. The Morgan fingerprint density at radius 1 is 1.19 bits per heavy atom. The summed E-state index contributed by atoms with van der Waals surface area (Å²) < 4.78 is 11.2. The number of anilines is 1.